The Bertz CT molecular complexity index is 1640. The second-order valence-electron chi connectivity index (χ2n) is 10.0. The topological polar surface area (TPSA) is 118 Å². The second kappa shape index (κ2) is 11.5. The maximum absolute atomic E-state index is 13.0. The van der Waals surface area contributed by atoms with Gasteiger partial charge in [-0.1, -0.05) is 44.2 Å². The van der Waals surface area contributed by atoms with Crippen LogP contribution in [-0.2, 0) is 19.6 Å². The zero-order valence-electron chi connectivity index (χ0n) is 23.3. The van der Waals surface area contributed by atoms with E-state index in [9.17, 15) is 18.0 Å². The third-order valence-electron chi connectivity index (χ3n) is 6.66. The second-order valence-corrected chi connectivity index (χ2v) is 11.7. The maximum Gasteiger partial charge on any atom is 0.324 e. The van der Waals surface area contributed by atoms with Gasteiger partial charge in [-0.25, -0.2) is 8.42 Å². The van der Waals surface area contributed by atoms with Gasteiger partial charge in [-0.2, -0.15) is 4.72 Å². The van der Waals surface area contributed by atoms with Gasteiger partial charge in [0.05, 0.1) is 12.0 Å². The van der Waals surface area contributed by atoms with Gasteiger partial charge >= 0.3 is 5.97 Å². The molecule has 1 aromatic heterocycles. The summed E-state index contributed by atoms with van der Waals surface area (Å²) in [6, 6.07) is 18.3. The zero-order chi connectivity index (χ0) is 29.2. The molecule has 210 valence electrons. The first-order valence-electron chi connectivity index (χ1n) is 12.7. The Hall–Kier alpha value is -4.15. The van der Waals surface area contributed by atoms with E-state index < -0.39 is 22.0 Å². The lowest BCUT2D eigenvalue weighted by Gasteiger charge is -2.19. The number of carbonyl (C=O) groups is 2. The zero-order valence-corrected chi connectivity index (χ0v) is 24.1. The monoisotopic (exact) mass is 563 g/mol. The van der Waals surface area contributed by atoms with Crippen molar-refractivity contribution in [3.05, 3.63) is 78.1 Å². The number of benzene rings is 3. The molecule has 1 amide bonds. The number of ether oxygens (including phenoxy) is 1. The van der Waals surface area contributed by atoms with Crippen LogP contribution in [-0.4, -0.2) is 47.5 Å². The van der Waals surface area contributed by atoms with Gasteiger partial charge in [-0.3, -0.25) is 9.59 Å². The van der Waals surface area contributed by atoms with Gasteiger partial charge in [0, 0.05) is 36.4 Å². The van der Waals surface area contributed by atoms with Gasteiger partial charge in [-0.05, 0) is 60.4 Å². The highest BCUT2D eigenvalue weighted by atomic mass is 32.2. The van der Waals surface area contributed by atoms with Crippen LogP contribution in [0.25, 0.3) is 22.1 Å². The summed E-state index contributed by atoms with van der Waals surface area (Å²) in [5.74, 6) is -1.02. The Labute approximate surface area is 234 Å². The summed E-state index contributed by atoms with van der Waals surface area (Å²) in [5.41, 5.74) is 4.60. The van der Waals surface area contributed by atoms with E-state index in [1.54, 1.807) is 38.1 Å². The molecule has 0 saturated carbocycles. The minimum Gasteiger partial charge on any atom is -0.468 e. The predicted octanol–water partition coefficient (Wildman–Crippen LogP) is 5.20. The van der Waals surface area contributed by atoms with Crippen molar-refractivity contribution in [2.45, 2.75) is 31.7 Å². The summed E-state index contributed by atoms with van der Waals surface area (Å²) in [6.07, 6.45) is 0. The molecule has 0 aliphatic rings. The number of hydrogen-bond acceptors (Lipinski definition) is 7. The number of methoxy groups -OCH3 is 1. The van der Waals surface area contributed by atoms with E-state index in [0.717, 1.165) is 27.8 Å². The summed E-state index contributed by atoms with van der Waals surface area (Å²) in [4.78, 5) is 27.0. The quantitative estimate of drug-likeness (QED) is 0.269. The molecule has 0 spiro atoms. The average Bonchev–Trinajstić information content (AvgIpc) is 3.28. The molecule has 0 radical (unpaired) electrons. The van der Waals surface area contributed by atoms with Crippen LogP contribution in [0.15, 0.2) is 76.0 Å². The lowest BCUT2D eigenvalue weighted by Crippen LogP contribution is -2.44. The Morgan fingerprint density at radius 1 is 0.925 bits per heavy atom. The molecule has 1 heterocycles. The summed E-state index contributed by atoms with van der Waals surface area (Å²) in [5, 5.41) is 3.79. The fraction of sp³-hybridized carbons (Fsp3) is 0.267. The number of aryl methyl sites for hydroxylation is 1. The summed E-state index contributed by atoms with van der Waals surface area (Å²) in [7, 11) is 1.17. The third kappa shape index (κ3) is 5.88. The van der Waals surface area contributed by atoms with E-state index in [0.29, 0.717) is 11.3 Å². The van der Waals surface area contributed by atoms with Crippen molar-refractivity contribution in [2.75, 3.05) is 31.4 Å². The maximum atomic E-state index is 13.0. The molecule has 2 N–H and O–H groups in total. The highest BCUT2D eigenvalue weighted by molar-refractivity contribution is 7.89. The van der Waals surface area contributed by atoms with E-state index in [-0.39, 0.29) is 22.5 Å². The molecule has 9 nitrogen and oxygen atoms in total. The van der Waals surface area contributed by atoms with Crippen LogP contribution in [0.5, 0.6) is 0 Å². The molecule has 0 fully saturated rings. The van der Waals surface area contributed by atoms with Crippen molar-refractivity contribution in [1.82, 2.24) is 4.72 Å². The fourth-order valence-corrected chi connectivity index (χ4v) is 5.78. The lowest BCUT2D eigenvalue weighted by molar-refractivity contribution is -0.143. The first-order valence-corrected chi connectivity index (χ1v) is 14.2. The highest BCUT2D eigenvalue weighted by Crippen LogP contribution is 2.33. The normalized spacial score (nSPS) is 12.4. The van der Waals surface area contributed by atoms with Crippen LogP contribution >= 0.6 is 0 Å². The lowest BCUT2D eigenvalue weighted by atomic mass is 10.1. The molecule has 4 rings (SSSR count). The van der Waals surface area contributed by atoms with Crippen LogP contribution in [0.3, 0.4) is 0 Å². The minimum atomic E-state index is -3.94. The van der Waals surface area contributed by atoms with Crippen molar-refractivity contribution in [3.8, 4) is 11.1 Å². The van der Waals surface area contributed by atoms with Crippen LogP contribution in [0.1, 0.15) is 30.0 Å². The average molecular weight is 564 g/mol. The van der Waals surface area contributed by atoms with E-state index in [4.69, 9.17) is 9.15 Å². The van der Waals surface area contributed by atoms with Crippen molar-refractivity contribution >= 4 is 44.2 Å². The molecule has 3 aromatic carbocycles. The van der Waals surface area contributed by atoms with Crippen molar-refractivity contribution in [2.24, 2.45) is 5.92 Å². The molecule has 4 aromatic rings. The van der Waals surface area contributed by atoms with Crippen molar-refractivity contribution in [3.63, 3.8) is 0 Å². The number of nitrogens with zero attached hydrogens (tertiary/aromatic N) is 1. The summed E-state index contributed by atoms with van der Waals surface area (Å²) in [6.45, 7) is 5.34. The molecule has 0 bridgehead atoms. The van der Waals surface area contributed by atoms with Gasteiger partial charge in [0.15, 0.2) is 5.76 Å². The number of carbonyl (C=O) groups excluding carboxylic acids is 2. The van der Waals surface area contributed by atoms with Crippen LogP contribution in [0.4, 0.5) is 11.4 Å². The van der Waals surface area contributed by atoms with Gasteiger partial charge in [0.2, 0.25) is 10.0 Å². The molecule has 10 heteroatoms. The first kappa shape index (κ1) is 28.8. The van der Waals surface area contributed by atoms with E-state index in [1.807, 2.05) is 56.3 Å². The number of rotatable bonds is 9. The number of esters is 1. The van der Waals surface area contributed by atoms with Crippen LogP contribution in [0.2, 0.25) is 0 Å². The Balaban J connectivity index is 1.49. The third-order valence-corrected chi connectivity index (χ3v) is 8.12. The van der Waals surface area contributed by atoms with Gasteiger partial charge in [0.1, 0.15) is 11.6 Å². The van der Waals surface area contributed by atoms with Crippen molar-refractivity contribution < 1.29 is 27.2 Å². The number of amides is 1. The summed E-state index contributed by atoms with van der Waals surface area (Å²) < 4.78 is 38.7. The smallest absolute Gasteiger partial charge is 0.324 e. The van der Waals surface area contributed by atoms with Gasteiger partial charge in [0.25, 0.3) is 5.91 Å². The number of furan rings is 1. The molecule has 0 saturated heterocycles. The van der Waals surface area contributed by atoms with Gasteiger partial charge < -0.3 is 19.4 Å². The molecule has 0 aliphatic carbocycles. The van der Waals surface area contributed by atoms with E-state index in [1.165, 1.54) is 19.2 Å². The standard InChI is InChI=1S/C30H33N3O6S/c1-18(2)27(30(35)38-6)32-40(36,37)23-16-12-21(13-17-23)20-10-14-22(15-11-20)31-29(34)28-19(3)26-24(33(4)5)8-7-9-25(26)39-28/h7-18,27,32H,1-6H3,(H,31,34)/t27-/m0/s1. The molecule has 40 heavy (non-hydrogen) atoms. The molecular weight excluding hydrogens is 530 g/mol. The van der Waals surface area contributed by atoms with Crippen molar-refractivity contribution in [1.29, 1.82) is 0 Å². The minimum absolute atomic E-state index is 0.0355. The Morgan fingerprint density at radius 3 is 2.08 bits per heavy atom. The number of fused-ring (bicyclic) bond motifs is 1. The molecule has 1 atom stereocenters. The van der Waals surface area contributed by atoms with Crippen LogP contribution < -0.4 is 14.9 Å². The number of nitrogens with one attached hydrogen (secondary N) is 2. The van der Waals surface area contributed by atoms with E-state index in [2.05, 4.69) is 10.0 Å². The predicted molar refractivity (Wildman–Crippen MR) is 156 cm³/mol. The SMILES string of the molecule is COC(=O)[C@@H](NS(=O)(=O)c1ccc(-c2ccc(NC(=O)c3oc4cccc(N(C)C)c4c3C)cc2)cc1)C(C)C. The van der Waals surface area contributed by atoms with Crippen LogP contribution in [0, 0.1) is 12.8 Å². The largest absolute Gasteiger partial charge is 0.468 e. The van der Waals surface area contributed by atoms with Gasteiger partial charge in [-0.15, -0.1) is 0 Å². The Kier molecular flexibility index (Phi) is 8.32. The summed E-state index contributed by atoms with van der Waals surface area (Å²) >= 11 is 0. The fourth-order valence-electron chi connectivity index (χ4n) is 4.45. The van der Waals surface area contributed by atoms with E-state index >= 15 is 0 Å². The first-order chi connectivity index (χ1) is 18.9. The number of anilines is 2. The molecular formula is C30H33N3O6S. The highest BCUT2D eigenvalue weighted by Gasteiger charge is 2.29. The molecule has 0 unspecified atom stereocenters. The molecule has 0 aliphatic heterocycles. The Morgan fingerprint density at radius 2 is 1.52 bits per heavy atom. The number of hydrogen-bond donors (Lipinski definition) is 2. The number of sulfonamides is 1.